The second-order valence-electron chi connectivity index (χ2n) is 6.20. The first-order valence-electron chi connectivity index (χ1n) is 9.66. The maximum atomic E-state index is 12.7. The highest BCUT2D eigenvalue weighted by atomic mass is 35.5. The van der Waals surface area contributed by atoms with Crippen LogP contribution in [0.1, 0.15) is 41.8 Å². The summed E-state index contributed by atoms with van der Waals surface area (Å²) < 4.78 is 23.7. The van der Waals surface area contributed by atoms with Crippen molar-refractivity contribution in [3.05, 3.63) is 65.2 Å². The van der Waals surface area contributed by atoms with E-state index in [0.29, 0.717) is 36.0 Å². The van der Waals surface area contributed by atoms with Gasteiger partial charge in [-0.1, -0.05) is 19.1 Å². The van der Waals surface area contributed by atoms with Gasteiger partial charge in [-0.05, 0) is 78.7 Å². The van der Waals surface area contributed by atoms with E-state index in [2.05, 4.69) is 10.5 Å². The maximum Gasteiger partial charge on any atom is 0.440 e. The molecule has 1 unspecified atom stereocenters. The molecule has 2 aromatic rings. The zero-order valence-corrected chi connectivity index (χ0v) is 19.5. The van der Waals surface area contributed by atoms with Crippen molar-refractivity contribution in [1.29, 1.82) is 0 Å². The summed E-state index contributed by atoms with van der Waals surface area (Å²) >= 11 is 6.94. The Labute approximate surface area is 186 Å². The predicted molar refractivity (Wildman–Crippen MR) is 125 cm³/mol. The lowest BCUT2D eigenvalue weighted by Crippen LogP contribution is -2.17. The smallest absolute Gasteiger partial charge is 0.417 e. The molecule has 0 aliphatic carbocycles. The molecule has 1 N–H and O–H groups in total. The third kappa shape index (κ3) is 8.15. The molecule has 0 aliphatic heterocycles. The van der Waals surface area contributed by atoms with Crippen molar-refractivity contribution in [2.45, 2.75) is 26.7 Å². The summed E-state index contributed by atoms with van der Waals surface area (Å²) in [5, 5.41) is 3.99. The molecule has 0 aromatic heterocycles. The minimum Gasteiger partial charge on any atom is -0.417 e. The topological polar surface area (TPSA) is 77.0 Å². The number of hydrogen-bond donors (Lipinski definition) is 1. The van der Waals surface area contributed by atoms with Crippen molar-refractivity contribution in [2.75, 3.05) is 18.2 Å². The number of amides is 1. The fourth-order valence-corrected chi connectivity index (χ4v) is 6.08. The number of hydrazone groups is 1. The van der Waals surface area contributed by atoms with Crippen molar-refractivity contribution in [3.8, 4) is 5.75 Å². The van der Waals surface area contributed by atoms with Gasteiger partial charge in [-0.15, -0.1) is 11.6 Å². The molecule has 6 nitrogen and oxygen atoms in total. The minimum absolute atomic E-state index is 0.298. The molecule has 0 spiro atoms. The van der Waals surface area contributed by atoms with Gasteiger partial charge < -0.3 is 4.52 Å². The van der Waals surface area contributed by atoms with Gasteiger partial charge in [-0.25, -0.2) is 9.99 Å². The van der Waals surface area contributed by atoms with Gasteiger partial charge in [-0.3, -0.25) is 9.32 Å². The molecule has 0 bridgehead atoms. The summed E-state index contributed by atoms with van der Waals surface area (Å²) in [5.41, 5.74) is 4.79. The van der Waals surface area contributed by atoms with Crippen molar-refractivity contribution < 1.29 is 18.4 Å². The Kier molecular flexibility index (Phi) is 10.4. The maximum absolute atomic E-state index is 12.7. The molecule has 1 atom stereocenters. The number of carbonyl (C=O) groups excluding carboxylic acids is 1. The molecular formula is C21H26ClN2O4PS. The van der Waals surface area contributed by atoms with Crippen LogP contribution in [0.5, 0.6) is 5.75 Å². The summed E-state index contributed by atoms with van der Waals surface area (Å²) in [4.78, 5) is 12.2. The molecule has 0 fully saturated rings. The number of rotatable bonds is 12. The Balaban J connectivity index is 1.95. The standard InChI is InChI=1S/C21H26ClN2O4PS/c1-3-14-30-29(26,27-4-2)28-20-10-8-18(9-11-20)16-23-24-21(25)19-7-5-6-17(15-19)12-13-22/h5-11,15-16H,3-4,12-14H2,1-2H3,(H,24,25). The average Bonchev–Trinajstić information content (AvgIpc) is 2.74. The second-order valence-corrected chi connectivity index (χ2v) is 10.7. The van der Waals surface area contributed by atoms with Crippen LogP contribution in [0.15, 0.2) is 53.6 Å². The number of benzene rings is 2. The Hall–Kier alpha value is -1.79. The van der Waals surface area contributed by atoms with Gasteiger partial charge in [0.1, 0.15) is 5.75 Å². The highest BCUT2D eigenvalue weighted by Gasteiger charge is 2.26. The van der Waals surface area contributed by atoms with Gasteiger partial charge in [0.05, 0.1) is 12.8 Å². The fourth-order valence-electron chi connectivity index (χ4n) is 2.40. The fraction of sp³-hybridized carbons (Fsp3) is 0.333. The number of aryl methyl sites for hydroxylation is 1. The van der Waals surface area contributed by atoms with Crippen LogP contribution in [0, 0.1) is 0 Å². The first-order chi connectivity index (χ1) is 14.5. The molecular weight excluding hydrogens is 443 g/mol. The van der Waals surface area contributed by atoms with Gasteiger partial charge in [-0.2, -0.15) is 5.10 Å². The first kappa shape index (κ1) is 24.5. The van der Waals surface area contributed by atoms with Crippen LogP contribution in [0.25, 0.3) is 0 Å². The molecule has 162 valence electrons. The van der Waals surface area contributed by atoms with E-state index >= 15 is 0 Å². The van der Waals surface area contributed by atoms with Gasteiger partial charge in [0.15, 0.2) is 0 Å². The summed E-state index contributed by atoms with van der Waals surface area (Å²) in [5.74, 6) is 1.34. The highest BCUT2D eigenvalue weighted by molar-refractivity contribution is 8.55. The quantitative estimate of drug-likeness (QED) is 0.182. The molecule has 0 saturated carbocycles. The predicted octanol–water partition coefficient (Wildman–Crippen LogP) is 5.90. The number of nitrogens with zero attached hydrogens (tertiary/aromatic N) is 1. The van der Waals surface area contributed by atoms with E-state index in [1.165, 1.54) is 17.6 Å². The molecule has 0 heterocycles. The number of nitrogens with one attached hydrogen (secondary N) is 1. The zero-order valence-electron chi connectivity index (χ0n) is 17.0. The molecule has 0 saturated heterocycles. The van der Waals surface area contributed by atoms with Crippen LogP contribution in [0.4, 0.5) is 0 Å². The molecule has 0 radical (unpaired) electrons. The highest BCUT2D eigenvalue weighted by Crippen LogP contribution is 2.60. The molecule has 0 aliphatic rings. The number of carbonyl (C=O) groups is 1. The Morgan fingerprint density at radius 3 is 2.67 bits per heavy atom. The lowest BCUT2D eigenvalue weighted by molar-refractivity contribution is 0.0955. The van der Waals surface area contributed by atoms with Crippen molar-refractivity contribution in [1.82, 2.24) is 5.43 Å². The molecule has 30 heavy (non-hydrogen) atoms. The number of alkyl halides is 1. The third-order valence-electron chi connectivity index (χ3n) is 3.79. The third-order valence-corrected chi connectivity index (χ3v) is 7.93. The van der Waals surface area contributed by atoms with Crippen molar-refractivity contribution in [3.63, 3.8) is 0 Å². The zero-order chi connectivity index (χ0) is 21.8. The first-order valence-corrected chi connectivity index (χ1v) is 13.3. The van der Waals surface area contributed by atoms with Crippen LogP contribution >= 0.6 is 29.8 Å². The van der Waals surface area contributed by atoms with E-state index in [0.717, 1.165) is 17.5 Å². The van der Waals surface area contributed by atoms with Crippen LogP contribution in [-0.4, -0.2) is 30.4 Å². The van der Waals surface area contributed by atoms with E-state index < -0.39 is 6.80 Å². The van der Waals surface area contributed by atoms with E-state index in [9.17, 15) is 9.36 Å². The second kappa shape index (κ2) is 12.8. The summed E-state index contributed by atoms with van der Waals surface area (Å²) in [7, 11) is 0. The monoisotopic (exact) mass is 468 g/mol. The van der Waals surface area contributed by atoms with Crippen molar-refractivity contribution in [2.24, 2.45) is 5.10 Å². The average molecular weight is 469 g/mol. The number of halogens is 1. The van der Waals surface area contributed by atoms with Gasteiger partial charge in [0.2, 0.25) is 0 Å². The normalized spacial score (nSPS) is 13.2. The lowest BCUT2D eigenvalue weighted by Gasteiger charge is -2.17. The molecule has 2 aromatic carbocycles. The van der Waals surface area contributed by atoms with Gasteiger partial charge >= 0.3 is 6.80 Å². The summed E-state index contributed by atoms with van der Waals surface area (Å²) in [6.07, 6.45) is 3.11. The van der Waals surface area contributed by atoms with Crippen LogP contribution in [0.3, 0.4) is 0 Å². The molecule has 1 amide bonds. The molecule has 2 rings (SSSR count). The Morgan fingerprint density at radius 1 is 1.23 bits per heavy atom. The van der Waals surface area contributed by atoms with E-state index in [1.807, 2.05) is 19.1 Å². The Morgan fingerprint density at radius 2 is 2.00 bits per heavy atom. The van der Waals surface area contributed by atoms with E-state index in [1.54, 1.807) is 43.3 Å². The Bertz CT molecular complexity index is 893. The molecule has 9 heteroatoms. The summed E-state index contributed by atoms with van der Waals surface area (Å²) in [6.45, 7) is 0.869. The largest absolute Gasteiger partial charge is 0.440 e. The SMILES string of the molecule is CCCSP(=O)(OCC)Oc1ccc(C=NNC(=O)c2cccc(CCCl)c2)cc1. The summed E-state index contributed by atoms with van der Waals surface area (Å²) in [6, 6.07) is 14.2. The van der Waals surface area contributed by atoms with Gasteiger partial charge in [0.25, 0.3) is 5.91 Å². The number of hydrogen-bond acceptors (Lipinski definition) is 6. The van der Waals surface area contributed by atoms with E-state index in [-0.39, 0.29) is 5.91 Å². The van der Waals surface area contributed by atoms with Gasteiger partial charge in [0, 0.05) is 17.2 Å². The lowest BCUT2D eigenvalue weighted by atomic mass is 10.1. The van der Waals surface area contributed by atoms with Crippen LogP contribution < -0.4 is 9.95 Å². The van der Waals surface area contributed by atoms with Crippen LogP contribution in [0.2, 0.25) is 0 Å². The van der Waals surface area contributed by atoms with E-state index in [4.69, 9.17) is 20.6 Å². The minimum atomic E-state index is -3.23. The van der Waals surface area contributed by atoms with Crippen molar-refractivity contribution >= 4 is 41.9 Å². The van der Waals surface area contributed by atoms with Crippen LogP contribution in [-0.2, 0) is 15.5 Å².